The van der Waals surface area contributed by atoms with E-state index in [9.17, 15) is 8.42 Å². The molecule has 1 aliphatic rings. The number of rotatable bonds is 6. The fourth-order valence-corrected chi connectivity index (χ4v) is 4.22. The summed E-state index contributed by atoms with van der Waals surface area (Å²) in [6.45, 7) is 5.72. The van der Waals surface area contributed by atoms with Gasteiger partial charge < -0.3 is 14.5 Å². The van der Waals surface area contributed by atoms with E-state index in [0.29, 0.717) is 5.69 Å². The number of nitrogens with zero attached hydrogens (tertiary/aromatic N) is 2. The maximum atomic E-state index is 12.7. The van der Waals surface area contributed by atoms with Crippen LogP contribution in [0.1, 0.15) is 12.5 Å². The second kappa shape index (κ2) is 8.19. The first-order chi connectivity index (χ1) is 12.9. The van der Waals surface area contributed by atoms with Gasteiger partial charge in [-0.15, -0.1) is 0 Å². The highest BCUT2D eigenvalue weighted by atomic mass is 32.2. The number of ether oxygens (including phenoxy) is 1. The smallest absolute Gasteiger partial charge is 0.261 e. The third-order valence-electron chi connectivity index (χ3n) is 4.92. The minimum absolute atomic E-state index is 0.261. The van der Waals surface area contributed by atoms with Gasteiger partial charge in [-0.1, -0.05) is 19.1 Å². The van der Waals surface area contributed by atoms with Crippen molar-refractivity contribution in [1.82, 2.24) is 4.90 Å². The normalized spacial score (nSPS) is 15.6. The van der Waals surface area contributed by atoms with Gasteiger partial charge in [0.1, 0.15) is 5.75 Å². The zero-order valence-corrected chi connectivity index (χ0v) is 16.9. The summed E-state index contributed by atoms with van der Waals surface area (Å²) in [5, 5.41) is 0. The largest absolute Gasteiger partial charge is 0.495 e. The molecule has 0 radical (unpaired) electrons. The van der Waals surface area contributed by atoms with Crippen LogP contribution in [0.5, 0.6) is 5.75 Å². The van der Waals surface area contributed by atoms with Crippen molar-refractivity contribution in [2.24, 2.45) is 0 Å². The fraction of sp³-hybridized carbons (Fsp3) is 0.400. The molecule has 6 nitrogen and oxygen atoms in total. The highest BCUT2D eigenvalue weighted by molar-refractivity contribution is 7.92. The monoisotopic (exact) mass is 389 g/mol. The lowest BCUT2D eigenvalue weighted by Crippen LogP contribution is -2.44. The van der Waals surface area contributed by atoms with Crippen molar-refractivity contribution in [3.8, 4) is 5.75 Å². The number of sulfonamides is 1. The summed E-state index contributed by atoms with van der Waals surface area (Å²) >= 11 is 0. The average molecular weight is 390 g/mol. The molecule has 146 valence electrons. The van der Waals surface area contributed by atoms with Crippen LogP contribution in [-0.4, -0.2) is 53.7 Å². The van der Waals surface area contributed by atoms with E-state index < -0.39 is 10.0 Å². The Labute approximate surface area is 161 Å². The minimum atomic E-state index is -3.63. The first-order valence-electron chi connectivity index (χ1n) is 9.16. The zero-order chi connectivity index (χ0) is 19.4. The van der Waals surface area contributed by atoms with Crippen molar-refractivity contribution in [2.45, 2.75) is 18.2 Å². The number of piperazine rings is 1. The summed E-state index contributed by atoms with van der Waals surface area (Å²) in [5.41, 5.74) is 2.55. The topological polar surface area (TPSA) is 61.9 Å². The summed E-state index contributed by atoms with van der Waals surface area (Å²) in [7, 11) is 0.101. The van der Waals surface area contributed by atoms with Crippen LogP contribution in [-0.2, 0) is 16.4 Å². The zero-order valence-electron chi connectivity index (χ0n) is 16.1. The van der Waals surface area contributed by atoms with Crippen LogP contribution in [0.25, 0.3) is 0 Å². The Morgan fingerprint density at radius 2 is 1.70 bits per heavy atom. The molecule has 1 N–H and O–H groups in total. The van der Waals surface area contributed by atoms with Crippen LogP contribution in [0, 0.1) is 0 Å². The highest BCUT2D eigenvalue weighted by Gasteiger charge is 2.20. The van der Waals surface area contributed by atoms with E-state index >= 15 is 0 Å². The molecule has 0 saturated carbocycles. The van der Waals surface area contributed by atoms with Crippen LogP contribution < -0.4 is 14.4 Å². The van der Waals surface area contributed by atoms with E-state index in [1.54, 1.807) is 25.3 Å². The minimum Gasteiger partial charge on any atom is -0.495 e. The van der Waals surface area contributed by atoms with Crippen LogP contribution in [0.2, 0.25) is 0 Å². The van der Waals surface area contributed by atoms with E-state index in [0.717, 1.165) is 49.6 Å². The first-order valence-corrected chi connectivity index (χ1v) is 10.6. The van der Waals surface area contributed by atoms with Gasteiger partial charge in [-0.3, -0.25) is 4.72 Å². The number of nitrogens with one attached hydrogen (secondary N) is 1. The molecule has 27 heavy (non-hydrogen) atoms. The molecular formula is C20H27N3O3S. The number of benzene rings is 2. The summed E-state index contributed by atoms with van der Waals surface area (Å²) in [6, 6.07) is 12.4. The highest BCUT2D eigenvalue weighted by Crippen LogP contribution is 2.32. The summed E-state index contributed by atoms with van der Waals surface area (Å²) in [5.74, 6) is 0.745. The molecule has 3 rings (SSSR count). The van der Waals surface area contributed by atoms with Gasteiger partial charge >= 0.3 is 0 Å². The Kier molecular flexibility index (Phi) is 5.92. The molecular weight excluding hydrogens is 362 g/mol. The standard InChI is InChI=1S/C20H27N3O3S/c1-4-16-5-8-18(9-6-16)27(24,25)21-17-7-10-20(26-3)19(15-17)23-13-11-22(2)12-14-23/h5-10,15,21H,4,11-14H2,1-3H3. The summed E-state index contributed by atoms with van der Waals surface area (Å²) in [4.78, 5) is 4.76. The molecule has 2 aromatic carbocycles. The Hall–Kier alpha value is -2.25. The van der Waals surface area contributed by atoms with Crippen LogP contribution in [0.15, 0.2) is 47.4 Å². The molecule has 1 heterocycles. The molecule has 2 aromatic rings. The fourth-order valence-electron chi connectivity index (χ4n) is 3.17. The third-order valence-corrected chi connectivity index (χ3v) is 6.31. The Balaban J connectivity index is 1.84. The molecule has 1 saturated heterocycles. The molecule has 0 bridgehead atoms. The molecule has 0 aliphatic carbocycles. The molecule has 0 spiro atoms. The van der Waals surface area contributed by atoms with Gasteiger partial charge in [-0.05, 0) is 49.4 Å². The molecule has 0 unspecified atom stereocenters. The number of methoxy groups -OCH3 is 1. The van der Waals surface area contributed by atoms with Gasteiger partial charge in [0.05, 0.1) is 23.4 Å². The first kappa shape index (κ1) is 19.5. The second-order valence-corrected chi connectivity index (χ2v) is 8.46. The predicted molar refractivity (Wildman–Crippen MR) is 109 cm³/mol. The lowest BCUT2D eigenvalue weighted by molar-refractivity contribution is 0.311. The maximum absolute atomic E-state index is 12.7. The SMILES string of the molecule is CCc1ccc(S(=O)(=O)Nc2ccc(OC)c(N3CCN(C)CC3)c2)cc1. The van der Waals surface area contributed by atoms with Crippen molar-refractivity contribution in [1.29, 1.82) is 0 Å². The summed E-state index contributed by atoms with van der Waals surface area (Å²) in [6.07, 6.45) is 0.876. The number of anilines is 2. The van der Waals surface area contributed by atoms with Crippen molar-refractivity contribution in [2.75, 3.05) is 50.0 Å². The maximum Gasteiger partial charge on any atom is 0.261 e. The van der Waals surface area contributed by atoms with Crippen molar-refractivity contribution < 1.29 is 13.2 Å². The van der Waals surface area contributed by atoms with Gasteiger partial charge in [-0.2, -0.15) is 0 Å². The molecule has 1 fully saturated rings. The number of hydrogen-bond donors (Lipinski definition) is 1. The molecule has 1 aliphatic heterocycles. The Morgan fingerprint density at radius 1 is 1.04 bits per heavy atom. The van der Waals surface area contributed by atoms with E-state index in [1.807, 2.05) is 31.2 Å². The predicted octanol–water partition coefficient (Wildman–Crippen LogP) is 2.81. The van der Waals surface area contributed by atoms with Crippen molar-refractivity contribution >= 4 is 21.4 Å². The average Bonchev–Trinajstić information content (AvgIpc) is 2.68. The third kappa shape index (κ3) is 4.54. The molecule has 0 amide bonds. The van der Waals surface area contributed by atoms with Crippen LogP contribution in [0.3, 0.4) is 0 Å². The van der Waals surface area contributed by atoms with E-state index in [2.05, 4.69) is 21.6 Å². The van der Waals surface area contributed by atoms with E-state index in [4.69, 9.17) is 4.74 Å². The van der Waals surface area contributed by atoms with E-state index in [-0.39, 0.29) is 4.90 Å². The number of hydrogen-bond acceptors (Lipinski definition) is 5. The van der Waals surface area contributed by atoms with Crippen LogP contribution >= 0.6 is 0 Å². The van der Waals surface area contributed by atoms with E-state index in [1.165, 1.54) is 0 Å². The van der Waals surface area contributed by atoms with Gasteiger partial charge in [0, 0.05) is 26.2 Å². The molecule has 0 aromatic heterocycles. The lowest BCUT2D eigenvalue weighted by atomic mass is 10.2. The number of aryl methyl sites for hydroxylation is 1. The molecule has 0 atom stereocenters. The quantitative estimate of drug-likeness (QED) is 0.823. The Bertz CT molecular complexity index is 874. The van der Waals surface area contributed by atoms with Gasteiger partial charge in [0.25, 0.3) is 10.0 Å². The second-order valence-electron chi connectivity index (χ2n) is 6.78. The molecule has 7 heteroatoms. The lowest BCUT2D eigenvalue weighted by Gasteiger charge is -2.35. The van der Waals surface area contributed by atoms with Gasteiger partial charge in [0.2, 0.25) is 0 Å². The summed E-state index contributed by atoms with van der Waals surface area (Å²) < 4.78 is 33.6. The number of likely N-dealkylation sites (N-methyl/N-ethyl adjacent to an activating group) is 1. The van der Waals surface area contributed by atoms with Crippen molar-refractivity contribution in [3.63, 3.8) is 0 Å². The Morgan fingerprint density at radius 3 is 2.30 bits per heavy atom. The van der Waals surface area contributed by atoms with Crippen LogP contribution in [0.4, 0.5) is 11.4 Å². The van der Waals surface area contributed by atoms with Crippen molar-refractivity contribution in [3.05, 3.63) is 48.0 Å². The van der Waals surface area contributed by atoms with Gasteiger partial charge in [-0.25, -0.2) is 8.42 Å². The van der Waals surface area contributed by atoms with Gasteiger partial charge in [0.15, 0.2) is 0 Å².